The molecular formula is C12H8INO2. The molecule has 1 heterocycles. The van der Waals surface area contributed by atoms with Crippen LogP contribution in [0.15, 0.2) is 48.7 Å². The van der Waals surface area contributed by atoms with E-state index in [1.165, 1.54) is 6.20 Å². The van der Waals surface area contributed by atoms with Crippen LogP contribution in [-0.4, -0.2) is 11.0 Å². The number of carbonyl (C=O) groups is 1. The smallest absolute Gasteiger partial charge is 0.360 e. The van der Waals surface area contributed by atoms with E-state index in [0.29, 0.717) is 0 Å². The first-order chi connectivity index (χ1) is 7.77. The molecule has 0 amide bonds. The van der Waals surface area contributed by atoms with Crippen LogP contribution in [0.5, 0.6) is 0 Å². The van der Waals surface area contributed by atoms with Gasteiger partial charge in [-0.15, -0.1) is 0 Å². The fourth-order valence-corrected chi connectivity index (χ4v) is 3.66. The number of halogens is 1. The highest BCUT2D eigenvalue weighted by Crippen LogP contribution is 1.91. The monoisotopic (exact) mass is 325 g/mol. The lowest BCUT2D eigenvalue weighted by molar-refractivity contribution is -0.598. The third kappa shape index (κ3) is 2.57. The van der Waals surface area contributed by atoms with Crippen molar-refractivity contribution in [1.82, 2.24) is 4.98 Å². The lowest BCUT2D eigenvalue weighted by atomic mass is 10.4. The van der Waals surface area contributed by atoms with E-state index in [1.807, 2.05) is 30.3 Å². The SMILES string of the molecule is O=C([O-])c1ncccc1[I+]c1ccccc1. The van der Waals surface area contributed by atoms with Crippen LogP contribution in [0.1, 0.15) is 10.5 Å². The highest BCUT2D eigenvalue weighted by atomic mass is 127. The molecule has 3 nitrogen and oxygen atoms in total. The van der Waals surface area contributed by atoms with Gasteiger partial charge in [-0.2, -0.15) is 0 Å². The molecule has 0 N–H and O–H groups in total. The zero-order valence-corrected chi connectivity index (χ0v) is 10.4. The number of carboxylic acids is 1. The van der Waals surface area contributed by atoms with Gasteiger partial charge >= 0.3 is 21.2 Å². The molecule has 0 saturated heterocycles. The largest absolute Gasteiger partial charge is 0.543 e. The Morgan fingerprint density at radius 2 is 1.88 bits per heavy atom. The summed E-state index contributed by atoms with van der Waals surface area (Å²) in [7, 11) is 0. The van der Waals surface area contributed by atoms with E-state index in [2.05, 4.69) is 4.98 Å². The number of aromatic nitrogens is 1. The van der Waals surface area contributed by atoms with Gasteiger partial charge in [-0.1, -0.05) is 18.2 Å². The normalized spacial score (nSPS) is 10.0. The number of carbonyl (C=O) groups excluding carboxylic acids is 1. The molecule has 16 heavy (non-hydrogen) atoms. The summed E-state index contributed by atoms with van der Waals surface area (Å²) in [5.74, 6) is -1.20. The average molecular weight is 325 g/mol. The highest BCUT2D eigenvalue weighted by molar-refractivity contribution is 5.82. The van der Waals surface area contributed by atoms with E-state index in [-0.39, 0.29) is 5.69 Å². The number of carboxylic acid groups (broad SMARTS) is 1. The third-order valence-electron chi connectivity index (χ3n) is 1.90. The van der Waals surface area contributed by atoms with Gasteiger partial charge in [0.05, 0.1) is 5.97 Å². The van der Waals surface area contributed by atoms with Crippen molar-refractivity contribution >= 4 is 5.97 Å². The van der Waals surface area contributed by atoms with Gasteiger partial charge in [0, 0.05) is 6.20 Å². The van der Waals surface area contributed by atoms with Gasteiger partial charge < -0.3 is 9.90 Å². The van der Waals surface area contributed by atoms with Gasteiger partial charge in [-0.3, -0.25) is 4.98 Å². The number of rotatable bonds is 3. The number of hydrogen-bond donors (Lipinski definition) is 0. The fraction of sp³-hybridized carbons (Fsp3) is 0. The first-order valence-electron chi connectivity index (χ1n) is 4.63. The van der Waals surface area contributed by atoms with Crippen molar-refractivity contribution in [3.8, 4) is 0 Å². The minimum Gasteiger partial charge on any atom is -0.543 e. The van der Waals surface area contributed by atoms with Gasteiger partial charge in [0.1, 0.15) is 5.69 Å². The van der Waals surface area contributed by atoms with Gasteiger partial charge in [-0.05, 0) is 24.3 Å². The molecule has 0 saturated carbocycles. The van der Waals surface area contributed by atoms with Crippen LogP contribution < -0.4 is 26.3 Å². The van der Waals surface area contributed by atoms with Gasteiger partial charge in [0.25, 0.3) is 0 Å². The molecule has 2 rings (SSSR count). The Bertz CT molecular complexity index is 499. The summed E-state index contributed by atoms with van der Waals surface area (Å²) in [6.07, 6.45) is 1.48. The van der Waals surface area contributed by atoms with Crippen LogP contribution in [0.4, 0.5) is 0 Å². The Balaban J connectivity index is 2.31. The fourth-order valence-electron chi connectivity index (χ4n) is 1.21. The number of benzene rings is 1. The van der Waals surface area contributed by atoms with Crippen molar-refractivity contribution < 1.29 is 31.1 Å². The van der Waals surface area contributed by atoms with Crippen molar-refractivity contribution in [1.29, 1.82) is 0 Å². The van der Waals surface area contributed by atoms with E-state index < -0.39 is 27.2 Å². The van der Waals surface area contributed by atoms with Crippen LogP contribution in [0.25, 0.3) is 0 Å². The molecule has 0 aliphatic heterocycles. The predicted molar refractivity (Wildman–Crippen MR) is 52.4 cm³/mol. The van der Waals surface area contributed by atoms with E-state index >= 15 is 0 Å². The Morgan fingerprint density at radius 1 is 1.12 bits per heavy atom. The van der Waals surface area contributed by atoms with Gasteiger partial charge in [0.2, 0.25) is 3.57 Å². The summed E-state index contributed by atoms with van der Waals surface area (Å²) < 4.78 is 1.95. The van der Waals surface area contributed by atoms with E-state index in [9.17, 15) is 9.90 Å². The second-order valence-corrected chi connectivity index (χ2v) is 5.96. The van der Waals surface area contributed by atoms with E-state index in [0.717, 1.165) is 7.14 Å². The molecule has 0 atom stereocenters. The Hall–Kier alpha value is -1.43. The quantitative estimate of drug-likeness (QED) is 0.590. The first kappa shape index (κ1) is 11.1. The minimum absolute atomic E-state index is 0.0687. The summed E-state index contributed by atoms with van der Waals surface area (Å²) in [5.41, 5.74) is 0.0687. The molecule has 0 aliphatic carbocycles. The van der Waals surface area contributed by atoms with E-state index in [1.54, 1.807) is 12.1 Å². The summed E-state index contributed by atoms with van der Waals surface area (Å²) in [5, 5.41) is 10.9. The van der Waals surface area contributed by atoms with Crippen molar-refractivity contribution in [2.75, 3.05) is 0 Å². The molecule has 0 unspecified atom stereocenters. The molecule has 0 radical (unpaired) electrons. The van der Waals surface area contributed by atoms with Crippen LogP contribution in [0, 0.1) is 7.14 Å². The second kappa shape index (κ2) is 5.07. The molecule has 0 aliphatic rings. The molecule has 0 spiro atoms. The molecule has 2 aromatic rings. The predicted octanol–water partition coefficient (Wildman–Crippen LogP) is -2.43. The summed E-state index contributed by atoms with van der Waals surface area (Å²) in [6.45, 7) is 0. The van der Waals surface area contributed by atoms with Crippen LogP contribution >= 0.6 is 0 Å². The zero-order chi connectivity index (χ0) is 11.4. The number of hydrogen-bond acceptors (Lipinski definition) is 3. The second-order valence-electron chi connectivity index (χ2n) is 3.01. The molecule has 0 fully saturated rings. The molecule has 80 valence electrons. The summed E-state index contributed by atoms with van der Waals surface area (Å²) >= 11 is -0.510. The standard InChI is InChI=1S/C12H8INO2/c15-12(16)11-10(7-4-8-14-11)13-9-5-2-1-3-6-9/h1-8H. The molecule has 1 aromatic heterocycles. The Morgan fingerprint density at radius 3 is 2.56 bits per heavy atom. The average Bonchev–Trinajstić information content (AvgIpc) is 2.31. The maximum Gasteiger partial charge on any atom is 0.360 e. The summed E-state index contributed by atoms with van der Waals surface area (Å²) in [4.78, 5) is 14.7. The number of pyridine rings is 1. The van der Waals surface area contributed by atoms with Crippen molar-refractivity contribution in [3.63, 3.8) is 0 Å². The Labute approximate surface area is 103 Å². The van der Waals surface area contributed by atoms with Crippen LogP contribution in [0.3, 0.4) is 0 Å². The van der Waals surface area contributed by atoms with E-state index in [4.69, 9.17) is 0 Å². The van der Waals surface area contributed by atoms with Gasteiger partial charge in [-0.25, -0.2) is 0 Å². The topological polar surface area (TPSA) is 53.0 Å². The maximum absolute atomic E-state index is 10.9. The minimum atomic E-state index is -1.20. The number of nitrogens with zero attached hydrogens (tertiary/aromatic N) is 1. The van der Waals surface area contributed by atoms with Crippen molar-refractivity contribution in [2.24, 2.45) is 0 Å². The maximum atomic E-state index is 10.9. The van der Waals surface area contributed by atoms with Crippen LogP contribution in [-0.2, 0) is 0 Å². The Kier molecular flexibility index (Phi) is 3.51. The van der Waals surface area contributed by atoms with Crippen molar-refractivity contribution in [3.05, 3.63) is 61.5 Å². The molecule has 1 aromatic carbocycles. The third-order valence-corrected chi connectivity index (χ3v) is 4.69. The van der Waals surface area contributed by atoms with Gasteiger partial charge in [0.15, 0.2) is 3.57 Å². The lowest BCUT2D eigenvalue weighted by Crippen LogP contribution is -3.61. The summed E-state index contributed by atoms with van der Waals surface area (Å²) in [6, 6.07) is 13.4. The molecular weight excluding hydrogens is 317 g/mol. The molecule has 4 heteroatoms. The van der Waals surface area contributed by atoms with Crippen LogP contribution in [0.2, 0.25) is 0 Å². The zero-order valence-electron chi connectivity index (χ0n) is 8.26. The first-order valence-corrected chi connectivity index (χ1v) is 6.79. The number of aromatic carboxylic acids is 1. The van der Waals surface area contributed by atoms with Crippen molar-refractivity contribution in [2.45, 2.75) is 0 Å². The highest BCUT2D eigenvalue weighted by Gasteiger charge is 2.20. The molecule has 0 bridgehead atoms. The lowest BCUT2D eigenvalue weighted by Gasteiger charge is -1.99.